The number of anilines is 1. The first-order chi connectivity index (χ1) is 11.6. The van der Waals surface area contributed by atoms with Crippen LogP contribution in [0.15, 0.2) is 18.3 Å². The third kappa shape index (κ3) is 4.84. The number of aromatic nitrogens is 1. The molecule has 1 atom stereocenters. The molecule has 1 aromatic heterocycles. The van der Waals surface area contributed by atoms with Gasteiger partial charge in [-0.05, 0) is 39.8 Å². The zero-order chi connectivity index (χ0) is 18.8. The quantitative estimate of drug-likeness (QED) is 0.820. The van der Waals surface area contributed by atoms with Gasteiger partial charge in [-0.25, -0.2) is 9.78 Å². The predicted molar refractivity (Wildman–Crippen MR) is 96.9 cm³/mol. The smallest absolute Gasteiger partial charge is 0.410 e. The third-order valence-corrected chi connectivity index (χ3v) is 3.98. The lowest BCUT2D eigenvalue weighted by atomic mass is 10.2. The molecule has 138 valence electrons. The molecule has 2 amide bonds. The Bertz CT molecular complexity index is 622. The molecule has 0 aromatic carbocycles. The number of hydrogen-bond donors (Lipinski definition) is 0. The van der Waals surface area contributed by atoms with Crippen molar-refractivity contribution in [2.75, 3.05) is 38.6 Å². The summed E-state index contributed by atoms with van der Waals surface area (Å²) >= 11 is 0. The predicted octanol–water partition coefficient (Wildman–Crippen LogP) is 2.23. The molecule has 2 rings (SSSR count). The van der Waals surface area contributed by atoms with Crippen molar-refractivity contribution in [2.24, 2.45) is 0 Å². The van der Waals surface area contributed by atoms with Crippen LogP contribution in [0, 0.1) is 0 Å². The van der Waals surface area contributed by atoms with Gasteiger partial charge in [-0.1, -0.05) is 0 Å². The first kappa shape index (κ1) is 19.0. The van der Waals surface area contributed by atoms with Crippen LogP contribution < -0.4 is 4.90 Å². The van der Waals surface area contributed by atoms with Crippen LogP contribution >= 0.6 is 0 Å². The monoisotopic (exact) mass is 348 g/mol. The van der Waals surface area contributed by atoms with Crippen molar-refractivity contribution in [3.8, 4) is 0 Å². The summed E-state index contributed by atoms with van der Waals surface area (Å²) in [5.74, 6) is 0.744. The Morgan fingerprint density at radius 3 is 2.40 bits per heavy atom. The maximum absolute atomic E-state index is 12.3. The van der Waals surface area contributed by atoms with Gasteiger partial charge in [0, 0.05) is 46.0 Å². The van der Waals surface area contributed by atoms with Crippen LogP contribution in [0.1, 0.15) is 38.1 Å². The molecule has 25 heavy (non-hydrogen) atoms. The summed E-state index contributed by atoms with van der Waals surface area (Å²) in [7, 11) is 3.43. The van der Waals surface area contributed by atoms with E-state index in [4.69, 9.17) is 4.74 Å². The van der Waals surface area contributed by atoms with Crippen LogP contribution in [0.5, 0.6) is 0 Å². The van der Waals surface area contributed by atoms with Crippen molar-refractivity contribution < 1.29 is 14.3 Å². The van der Waals surface area contributed by atoms with Gasteiger partial charge in [0.15, 0.2) is 0 Å². The van der Waals surface area contributed by atoms with Gasteiger partial charge in [0.25, 0.3) is 5.91 Å². The van der Waals surface area contributed by atoms with E-state index < -0.39 is 5.60 Å². The topological polar surface area (TPSA) is 66.0 Å². The minimum absolute atomic E-state index is 0.0217. The van der Waals surface area contributed by atoms with E-state index in [0.29, 0.717) is 25.2 Å². The van der Waals surface area contributed by atoms with Crippen LogP contribution in [-0.2, 0) is 4.74 Å². The summed E-state index contributed by atoms with van der Waals surface area (Å²) in [4.78, 5) is 34.0. The molecule has 1 aromatic rings. The van der Waals surface area contributed by atoms with Crippen molar-refractivity contribution in [1.82, 2.24) is 14.8 Å². The largest absolute Gasteiger partial charge is 0.444 e. The van der Waals surface area contributed by atoms with Crippen LogP contribution in [0.2, 0.25) is 0 Å². The van der Waals surface area contributed by atoms with Gasteiger partial charge in [-0.15, -0.1) is 0 Å². The van der Waals surface area contributed by atoms with E-state index in [-0.39, 0.29) is 18.0 Å². The van der Waals surface area contributed by atoms with Crippen molar-refractivity contribution in [1.29, 1.82) is 0 Å². The highest BCUT2D eigenvalue weighted by molar-refractivity contribution is 5.93. The highest BCUT2D eigenvalue weighted by atomic mass is 16.6. The molecule has 2 heterocycles. The Morgan fingerprint density at radius 2 is 1.92 bits per heavy atom. The standard InChI is InChI=1S/C18H28N4O3/c1-13-12-21(9-10-22(13)17(24)25-18(2,3)4)15-8-7-14(11-19-15)16(23)20(5)6/h7-8,11,13H,9-10,12H2,1-6H3/t13-/m1/s1. The molecule has 0 spiro atoms. The fourth-order valence-corrected chi connectivity index (χ4v) is 2.72. The molecule has 0 saturated carbocycles. The minimum Gasteiger partial charge on any atom is -0.444 e. The zero-order valence-corrected chi connectivity index (χ0v) is 15.9. The average molecular weight is 348 g/mol. The molecule has 0 radical (unpaired) electrons. The van der Waals surface area contributed by atoms with E-state index in [1.807, 2.05) is 33.8 Å². The number of rotatable bonds is 2. The number of ether oxygens (including phenoxy) is 1. The third-order valence-electron chi connectivity index (χ3n) is 3.98. The van der Waals surface area contributed by atoms with E-state index in [1.54, 1.807) is 31.3 Å². The second kappa shape index (κ2) is 7.29. The SMILES string of the molecule is C[C@@H]1CN(c2ccc(C(=O)N(C)C)cn2)CCN1C(=O)OC(C)(C)C. The zero-order valence-electron chi connectivity index (χ0n) is 15.9. The number of carbonyl (C=O) groups is 2. The van der Waals surface area contributed by atoms with E-state index in [1.165, 1.54) is 4.90 Å². The van der Waals surface area contributed by atoms with E-state index in [0.717, 1.165) is 5.82 Å². The van der Waals surface area contributed by atoms with Crippen LogP contribution in [0.4, 0.5) is 10.6 Å². The maximum atomic E-state index is 12.3. The number of hydrogen-bond acceptors (Lipinski definition) is 5. The highest BCUT2D eigenvalue weighted by Gasteiger charge is 2.31. The summed E-state index contributed by atoms with van der Waals surface area (Å²) in [5.41, 5.74) is 0.0683. The highest BCUT2D eigenvalue weighted by Crippen LogP contribution is 2.20. The van der Waals surface area contributed by atoms with E-state index in [9.17, 15) is 9.59 Å². The van der Waals surface area contributed by atoms with Gasteiger partial charge in [0.1, 0.15) is 11.4 Å². The van der Waals surface area contributed by atoms with Gasteiger partial charge in [-0.2, -0.15) is 0 Å². The van der Waals surface area contributed by atoms with Crippen LogP contribution in [0.3, 0.4) is 0 Å². The molecular formula is C18H28N4O3. The first-order valence-electron chi connectivity index (χ1n) is 8.51. The Balaban J connectivity index is 2.01. The van der Waals surface area contributed by atoms with Gasteiger partial charge >= 0.3 is 6.09 Å². The van der Waals surface area contributed by atoms with Crippen molar-refractivity contribution in [2.45, 2.75) is 39.3 Å². The van der Waals surface area contributed by atoms with Crippen molar-refractivity contribution >= 4 is 17.8 Å². The Morgan fingerprint density at radius 1 is 1.24 bits per heavy atom. The van der Waals surface area contributed by atoms with Gasteiger partial charge < -0.3 is 19.4 Å². The Hall–Kier alpha value is -2.31. The molecule has 1 fully saturated rings. The normalized spacial score (nSPS) is 18.1. The molecule has 1 aliphatic rings. The molecule has 0 aliphatic carbocycles. The second-order valence-electron chi connectivity index (χ2n) is 7.57. The van der Waals surface area contributed by atoms with Crippen molar-refractivity contribution in [3.05, 3.63) is 23.9 Å². The summed E-state index contributed by atoms with van der Waals surface area (Å²) < 4.78 is 5.46. The van der Waals surface area contributed by atoms with Crippen LogP contribution in [-0.4, -0.2) is 72.2 Å². The molecule has 1 saturated heterocycles. The maximum Gasteiger partial charge on any atom is 0.410 e. The van der Waals surface area contributed by atoms with Gasteiger partial charge in [-0.3, -0.25) is 4.79 Å². The molecule has 0 N–H and O–H groups in total. The number of amides is 2. The minimum atomic E-state index is -0.496. The lowest BCUT2D eigenvalue weighted by Crippen LogP contribution is -2.55. The molecule has 7 heteroatoms. The van der Waals surface area contributed by atoms with E-state index >= 15 is 0 Å². The fraction of sp³-hybridized carbons (Fsp3) is 0.611. The molecule has 0 unspecified atom stereocenters. The number of nitrogens with zero attached hydrogens (tertiary/aromatic N) is 4. The number of piperazine rings is 1. The van der Waals surface area contributed by atoms with Crippen LogP contribution in [0.25, 0.3) is 0 Å². The Labute approximate surface area is 149 Å². The molecule has 7 nitrogen and oxygen atoms in total. The first-order valence-corrected chi connectivity index (χ1v) is 8.51. The number of pyridine rings is 1. The summed E-state index contributed by atoms with van der Waals surface area (Å²) in [6.07, 6.45) is 1.32. The van der Waals surface area contributed by atoms with Crippen molar-refractivity contribution in [3.63, 3.8) is 0 Å². The lowest BCUT2D eigenvalue weighted by molar-refractivity contribution is 0.0158. The second-order valence-corrected chi connectivity index (χ2v) is 7.57. The summed E-state index contributed by atoms with van der Waals surface area (Å²) in [5, 5.41) is 0. The molecule has 1 aliphatic heterocycles. The van der Waals surface area contributed by atoms with Gasteiger partial charge in [0.05, 0.1) is 5.56 Å². The fourth-order valence-electron chi connectivity index (χ4n) is 2.72. The number of carbonyl (C=O) groups excluding carboxylic acids is 2. The summed E-state index contributed by atoms with van der Waals surface area (Å²) in [6.45, 7) is 9.53. The summed E-state index contributed by atoms with van der Waals surface area (Å²) in [6, 6.07) is 3.66. The Kier molecular flexibility index (Phi) is 5.55. The molecular weight excluding hydrogens is 320 g/mol. The lowest BCUT2D eigenvalue weighted by Gasteiger charge is -2.40. The van der Waals surface area contributed by atoms with Gasteiger partial charge in [0.2, 0.25) is 0 Å². The van der Waals surface area contributed by atoms with E-state index in [2.05, 4.69) is 9.88 Å². The average Bonchev–Trinajstić information content (AvgIpc) is 2.52. The molecule has 0 bridgehead atoms.